The number of nitrogens with one attached hydrogen (secondary N) is 1. The number of rotatable bonds is 19. The van der Waals surface area contributed by atoms with E-state index in [9.17, 15) is 10.2 Å². The highest BCUT2D eigenvalue weighted by atomic mass is 16.3. The van der Waals surface area contributed by atoms with Crippen LogP contribution in [-0.2, 0) is 13.1 Å². The molecule has 0 unspecified atom stereocenters. The summed E-state index contributed by atoms with van der Waals surface area (Å²) in [7, 11) is 4.33. The number of nitrogens with zero attached hydrogens (tertiary/aromatic N) is 4. The van der Waals surface area contributed by atoms with Crippen LogP contribution in [0.15, 0.2) is 48.5 Å². The molecule has 2 aromatic carbocycles. The molecule has 202 valence electrons. The fourth-order valence-electron chi connectivity index (χ4n) is 3.97. The predicted octanol–water partition coefficient (Wildman–Crippen LogP) is 1.83. The molecule has 8 nitrogen and oxygen atoms in total. The van der Waals surface area contributed by atoms with Crippen LogP contribution in [0, 0.1) is 0 Å². The first-order chi connectivity index (χ1) is 17.4. The van der Waals surface area contributed by atoms with Gasteiger partial charge in [-0.15, -0.1) is 0 Å². The minimum absolute atomic E-state index is 0.299. The molecule has 5 N–H and O–H groups in total. The summed E-state index contributed by atoms with van der Waals surface area (Å²) < 4.78 is 0. The lowest BCUT2D eigenvalue weighted by Crippen LogP contribution is -2.40. The first kappa shape index (κ1) is 30.0. The minimum atomic E-state index is 0.299. The lowest BCUT2D eigenvalue weighted by atomic mass is 10.2. The molecule has 0 aliphatic rings. The SMILES string of the molecule is CCN(C)CCN(CCNCCN(C)CCN(CCN)Cc1ccc(O)cc1)Cc1ccc(O)cc1. The maximum absolute atomic E-state index is 9.56. The average molecular weight is 501 g/mol. The van der Waals surface area contributed by atoms with Gasteiger partial charge in [0.25, 0.3) is 0 Å². The third-order valence-corrected chi connectivity index (χ3v) is 6.54. The summed E-state index contributed by atoms with van der Waals surface area (Å²) in [6.45, 7) is 14.3. The van der Waals surface area contributed by atoms with E-state index in [0.29, 0.717) is 18.0 Å². The molecular weight excluding hydrogens is 452 g/mol. The number of likely N-dealkylation sites (N-methyl/N-ethyl adjacent to an activating group) is 2. The Morgan fingerprint density at radius 2 is 1.11 bits per heavy atom. The zero-order chi connectivity index (χ0) is 26.2. The van der Waals surface area contributed by atoms with Gasteiger partial charge in [-0.1, -0.05) is 31.2 Å². The summed E-state index contributed by atoms with van der Waals surface area (Å²) in [5.74, 6) is 0.612. The van der Waals surface area contributed by atoms with E-state index in [2.05, 4.69) is 45.9 Å². The van der Waals surface area contributed by atoms with E-state index >= 15 is 0 Å². The van der Waals surface area contributed by atoms with Gasteiger partial charge in [0.1, 0.15) is 11.5 Å². The largest absolute Gasteiger partial charge is 0.508 e. The molecule has 0 fully saturated rings. The molecule has 0 amide bonds. The Kier molecular flexibility index (Phi) is 14.4. The van der Waals surface area contributed by atoms with Crippen LogP contribution in [0.5, 0.6) is 11.5 Å². The van der Waals surface area contributed by atoms with Crippen LogP contribution in [0.25, 0.3) is 0 Å². The molecule has 0 heterocycles. The van der Waals surface area contributed by atoms with E-state index in [0.717, 1.165) is 78.5 Å². The molecule has 0 aliphatic carbocycles. The topological polar surface area (TPSA) is 91.5 Å². The van der Waals surface area contributed by atoms with Gasteiger partial charge in [-0.3, -0.25) is 9.80 Å². The highest BCUT2D eigenvalue weighted by Gasteiger charge is 2.09. The fourth-order valence-corrected chi connectivity index (χ4v) is 3.97. The van der Waals surface area contributed by atoms with E-state index in [-0.39, 0.29) is 0 Å². The number of hydrogen-bond donors (Lipinski definition) is 4. The Morgan fingerprint density at radius 3 is 1.61 bits per heavy atom. The number of benzene rings is 2. The van der Waals surface area contributed by atoms with Crippen molar-refractivity contribution in [2.45, 2.75) is 20.0 Å². The van der Waals surface area contributed by atoms with Crippen LogP contribution < -0.4 is 11.1 Å². The van der Waals surface area contributed by atoms with Gasteiger partial charge in [-0.05, 0) is 56.0 Å². The number of aromatic hydroxyl groups is 2. The maximum atomic E-state index is 9.56. The van der Waals surface area contributed by atoms with Crippen LogP contribution in [0.4, 0.5) is 0 Å². The number of hydrogen-bond acceptors (Lipinski definition) is 8. The standard InChI is InChI=1S/C28H48N6O2/c1-4-31(2)19-21-34(24-26-7-11-28(36)12-8-26)18-15-30-14-17-32(3)20-22-33(16-13-29)23-25-5-9-27(35)10-6-25/h5-12,30,35-36H,4,13-24,29H2,1-3H3. The summed E-state index contributed by atoms with van der Waals surface area (Å²) in [6, 6.07) is 14.9. The number of nitrogens with two attached hydrogens (primary N) is 1. The van der Waals surface area contributed by atoms with E-state index in [1.165, 1.54) is 11.1 Å². The second kappa shape index (κ2) is 17.3. The molecule has 0 saturated carbocycles. The molecule has 2 rings (SSSR count). The monoisotopic (exact) mass is 500 g/mol. The molecule has 0 radical (unpaired) electrons. The van der Waals surface area contributed by atoms with Gasteiger partial charge in [0.2, 0.25) is 0 Å². The molecule has 0 bridgehead atoms. The predicted molar refractivity (Wildman–Crippen MR) is 149 cm³/mol. The van der Waals surface area contributed by atoms with Crippen molar-refractivity contribution in [3.05, 3.63) is 59.7 Å². The van der Waals surface area contributed by atoms with Crippen LogP contribution in [0.3, 0.4) is 0 Å². The number of phenolic OH excluding ortho intramolecular Hbond substituents is 2. The number of phenols is 2. The van der Waals surface area contributed by atoms with Gasteiger partial charge in [0.15, 0.2) is 0 Å². The van der Waals surface area contributed by atoms with Crippen molar-refractivity contribution in [3.8, 4) is 11.5 Å². The molecule has 0 spiro atoms. The second-order valence-electron chi connectivity index (χ2n) is 9.62. The first-order valence-electron chi connectivity index (χ1n) is 13.2. The van der Waals surface area contributed by atoms with Crippen LogP contribution in [0.2, 0.25) is 0 Å². The molecule has 36 heavy (non-hydrogen) atoms. The molecule has 0 atom stereocenters. The van der Waals surface area contributed by atoms with Crippen molar-refractivity contribution in [1.82, 2.24) is 24.9 Å². The summed E-state index contributed by atoms with van der Waals surface area (Å²) in [5.41, 5.74) is 8.24. The third-order valence-electron chi connectivity index (χ3n) is 6.54. The van der Waals surface area contributed by atoms with E-state index < -0.39 is 0 Å². The quantitative estimate of drug-likeness (QED) is 0.217. The van der Waals surface area contributed by atoms with Gasteiger partial charge < -0.3 is 31.1 Å². The molecule has 8 heteroatoms. The molecule has 0 aromatic heterocycles. The second-order valence-corrected chi connectivity index (χ2v) is 9.62. The van der Waals surface area contributed by atoms with Crippen molar-refractivity contribution in [1.29, 1.82) is 0 Å². The van der Waals surface area contributed by atoms with Crippen molar-refractivity contribution >= 4 is 0 Å². The van der Waals surface area contributed by atoms with Crippen LogP contribution in [-0.4, -0.2) is 116 Å². The first-order valence-corrected chi connectivity index (χ1v) is 13.2. The minimum Gasteiger partial charge on any atom is -0.508 e. The van der Waals surface area contributed by atoms with Crippen molar-refractivity contribution in [2.24, 2.45) is 5.73 Å². The highest BCUT2D eigenvalue weighted by molar-refractivity contribution is 5.26. The Balaban J connectivity index is 1.69. The Morgan fingerprint density at radius 1 is 0.639 bits per heavy atom. The Hall–Kier alpha value is -2.20. The van der Waals surface area contributed by atoms with Crippen LogP contribution in [0.1, 0.15) is 18.1 Å². The van der Waals surface area contributed by atoms with Gasteiger partial charge in [0.05, 0.1) is 0 Å². The lowest BCUT2D eigenvalue weighted by Gasteiger charge is -2.26. The summed E-state index contributed by atoms with van der Waals surface area (Å²) in [4.78, 5) is 9.54. The lowest BCUT2D eigenvalue weighted by molar-refractivity contribution is 0.215. The van der Waals surface area contributed by atoms with Crippen molar-refractivity contribution < 1.29 is 10.2 Å². The summed E-state index contributed by atoms with van der Waals surface area (Å²) in [5, 5.41) is 22.7. The molecular formula is C28H48N6O2. The van der Waals surface area contributed by atoms with Crippen molar-refractivity contribution in [3.63, 3.8) is 0 Å². The van der Waals surface area contributed by atoms with Crippen molar-refractivity contribution in [2.75, 3.05) is 86.1 Å². The van der Waals surface area contributed by atoms with Crippen LogP contribution >= 0.6 is 0 Å². The fraction of sp³-hybridized carbons (Fsp3) is 0.571. The Bertz CT molecular complexity index is 818. The van der Waals surface area contributed by atoms with Gasteiger partial charge in [0, 0.05) is 78.5 Å². The van der Waals surface area contributed by atoms with E-state index in [1.54, 1.807) is 24.3 Å². The van der Waals surface area contributed by atoms with E-state index in [1.807, 2.05) is 24.3 Å². The Labute approximate surface area is 218 Å². The highest BCUT2D eigenvalue weighted by Crippen LogP contribution is 2.12. The van der Waals surface area contributed by atoms with Gasteiger partial charge >= 0.3 is 0 Å². The summed E-state index contributed by atoms with van der Waals surface area (Å²) in [6.07, 6.45) is 0. The zero-order valence-corrected chi connectivity index (χ0v) is 22.6. The zero-order valence-electron chi connectivity index (χ0n) is 22.6. The van der Waals surface area contributed by atoms with Gasteiger partial charge in [-0.2, -0.15) is 0 Å². The van der Waals surface area contributed by atoms with Gasteiger partial charge in [-0.25, -0.2) is 0 Å². The average Bonchev–Trinajstić information content (AvgIpc) is 2.87. The molecule has 0 aliphatic heterocycles. The molecule has 0 saturated heterocycles. The maximum Gasteiger partial charge on any atom is 0.115 e. The normalized spacial score (nSPS) is 11.9. The van der Waals surface area contributed by atoms with E-state index in [4.69, 9.17) is 5.73 Å². The summed E-state index contributed by atoms with van der Waals surface area (Å²) >= 11 is 0. The third kappa shape index (κ3) is 12.7. The molecule has 2 aromatic rings. The smallest absolute Gasteiger partial charge is 0.115 e.